The van der Waals surface area contributed by atoms with E-state index in [0.29, 0.717) is 0 Å². The molecule has 1 heterocycles. The molecule has 0 aliphatic heterocycles. The Hall–Kier alpha value is -1.69. The zero-order valence-corrected chi connectivity index (χ0v) is 8.92. The summed E-state index contributed by atoms with van der Waals surface area (Å²) in [6.45, 7) is 0. The maximum Gasteiger partial charge on any atom is 0.341 e. The van der Waals surface area contributed by atoms with Crippen molar-refractivity contribution in [2.45, 2.75) is 4.90 Å². The van der Waals surface area contributed by atoms with E-state index >= 15 is 0 Å². The summed E-state index contributed by atoms with van der Waals surface area (Å²) in [7, 11) is -1.82. The average Bonchev–Trinajstić information content (AvgIpc) is 2.67. The summed E-state index contributed by atoms with van der Waals surface area (Å²) in [5.74, 6) is 0. The van der Waals surface area contributed by atoms with Crippen LogP contribution in [0.3, 0.4) is 0 Å². The molecule has 0 saturated heterocycles. The van der Waals surface area contributed by atoms with Crippen molar-refractivity contribution in [2.24, 2.45) is 7.05 Å². The van der Waals surface area contributed by atoms with Gasteiger partial charge in [-0.25, -0.2) is 4.57 Å². The Bertz CT molecular complexity index is 560. The molecule has 78 valence electrons. The van der Waals surface area contributed by atoms with Crippen molar-refractivity contribution in [1.29, 1.82) is 0 Å². The second-order valence-corrected chi connectivity index (χ2v) is 4.90. The smallest absolute Gasteiger partial charge is 0.239 e. The molecule has 0 radical (unpaired) electrons. The van der Waals surface area contributed by atoms with Crippen molar-refractivity contribution in [3.8, 4) is 0 Å². The van der Waals surface area contributed by atoms with Crippen molar-refractivity contribution in [1.82, 2.24) is 9.19 Å². The third-order valence-electron chi connectivity index (χ3n) is 1.92. The standard InChI is InChI=1S/C9H10N3O2S/c1-11-7-10-12(8-11)15(13,14)9-5-3-2-4-6-9/h2-8H,1H3/q+1. The summed E-state index contributed by atoms with van der Waals surface area (Å²) in [6, 6.07) is 8.20. The van der Waals surface area contributed by atoms with Crippen molar-refractivity contribution >= 4 is 10.0 Å². The lowest BCUT2D eigenvalue weighted by Gasteiger charge is -1.96. The number of aryl methyl sites for hydroxylation is 1. The van der Waals surface area contributed by atoms with Gasteiger partial charge in [0.15, 0.2) is 0 Å². The maximum absolute atomic E-state index is 11.9. The van der Waals surface area contributed by atoms with Gasteiger partial charge >= 0.3 is 10.0 Å². The number of aromatic nitrogens is 3. The van der Waals surface area contributed by atoms with Crippen LogP contribution in [0.5, 0.6) is 0 Å². The molecule has 5 nitrogen and oxygen atoms in total. The zero-order valence-electron chi connectivity index (χ0n) is 8.11. The second kappa shape index (κ2) is 3.47. The number of benzene rings is 1. The van der Waals surface area contributed by atoms with Crippen LogP contribution in [-0.2, 0) is 17.1 Å². The molecule has 0 unspecified atom stereocenters. The lowest BCUT2D eigenvalue weighted by Crippen LogP contribution is -2.25. The van der Waals surface area contributed by atoms with E-state index in [1.807, 2.05) is 0 Å². The highest BCUT2D eigenvalue weighted by atomic mass is 32.2. The molecule has 1 aromatic heterocycles. The third-order valence-corrected chi connectivity index (χ3v) is 3.46. The van der Waals surface area contributed by atoms with Gasteiger partial charge in [-0.05, 0) is 12.1 Å². The Labute approximate surface area is 87.7 Å². The lowest BCUT2D eigenvalue weighted by atomic mass is 10.4. The van der Waals surface area contributed by atoms with Gasteiger partial charge in [0.05, 0.1) is 12.1 Å². The molecule has 0 saturated carbocycles. The van der Waals surface area contributed by atoms with Gasteiger partial charge in [0.25, 0.3) is 6.33 Å². The molecule has 0 N–H and O–H groups in total. The fourth-order valence-corrected chi connectivity index (χ4v) is 2.33. The fourth-order valence-electron chi connectivity index (χ4n) is 1.17. The molecule has 0 atom stereocenters. The number of rotatable bonds is 2. The van der Waals surface area contributed by atoms with Crippen LogP contribution in [-0.4, -0.2) is 17.6 Å². The molecular formula is C9H10N3O2S+. The van der Waals surface area contributed by atoms with Crippen LogP contribution in [0.1, 0.15) is 0 Å². The number of hydrogen-bond acceptors (Lipinski definition) is 3. The van der Waals surface area contributed by atoms with E-state index in [2.05, 4.69) is 5.10 Å². The van der Waals surface area contributed by atoms with Crippen LogP contribution in [0.25, 0.3) is 0 Å². The largest absolute Gasteiger partial charge is 0.341 e. The monoisotopic (exact) mass is 224 g/mol. The predicted molar refractivity (Wildman–Crippen MR) is 52.4 cm³/mol. The molecule has 0 bridgehead atoms. The Balaban J connectivity index is 2.54. The highest BCUT2D eigenvalue weighted by molar-refractivity contribution is 7.89. The van der Waals surface area contributed by atoms with E-state index in [0.717, 1.165) is 4.09 Å². The highest BCUT2D eigenvalue weighted by Gasteiger charge is 2.23. The van der Waals surface area contributed by atoms with Crippen molar-refractivity contribution in [3.63, 3.8) is 0 Å². The van der Waals surface area contributed by atoms with Crippen LogP contribution in [0.4, 0.5) is 0 Å². The van der Waals surface area contributed by atoms with Gasteiger partial charge in [0, 0.05) is 4.09 Å². The van der Waals surface area contributed by atoms with Gasteiger partial charge in [0.1, 0.15) is 4.90 Å². The van der Waals surface area contributed by atoms with Gasteiger partial charge in [-0.2, -0.15) is 8.42 Å². The van der Waals surface area contributed by atoms with E-state index < -0.39 is 10.0 Å². The number of nitrogens with zero attached hydrogens (tertiary/aromatic N) is 3. The molecule has 2 aromatic rings. The third kappa shape index (κ3) is 1.75. The SMILES string of the molecule is C[n+]1cnn(S(=O)(=O)c2ccccc2)c1. The lowest BCUT2D eigenvalue weighted by molar-refractivity contribution is -0.671. The van der Waals surface area contributed by atoms with Crippen LogP contribution in [0.15, 0.2) is 47.9 Å². The normalized spacial score (nSPS) is 11.5. The summed E-state index contributed by atoms with van der Waals surface area (Å²) < 4.78 is 26.4. The quantitative estimate of drug-likeness (QED) is 0.672. The van der Waals surface area contributed by atoms with Gasteiger partial charge in [-0.15, -0.1) is 0 Å². The summed E-state index contributed by atoms with van der Waals surface area (Å²) in [6.07, 6.45) is 2.84. The van der Waals surface area contributed by atoms with Crippen molar-refractivity contribution < 1.29 is 13.0 Å². The first-order chi connectivity index (χ1) is 7.10. The van der Waals surface area contributed by atoms with Crippen LogP contribution < -0.4 is 4.57 Å². The molecule has 0 fully saturated rings. The molecule has 0 aliphatic carbocycles. The summed E-state index contributed by atoms with van der Waals surface area (Å²) in [5, 5.41) is 3.76. The molecule has 2 rings (SSSR count). The first-order valence-corrected chi connectivity index (χ1v) is 5.75. The molecule has 1 aromatic carbocycles. The van der Waals surface area contributed by atoms with E-state index in [1.54, 1.807) is 29.8 Å². The van der Waals surface area contributed by atoms with Gasteiger partial charge < -0.3 is 0 Å². The van der Waals surface area contributed by atoms with Crippen LogP contribution >= 0.6 is 0 Å². The predicted octanol–water partition coefficient (Wildman–Crippen LogP) is -0.0554. The van der Waals surface area contributed by atoms with Crippen molar-refractivity contribution in [2.75, 3.05) is 0 Å². The fraction of sp³-hybridized carbons (Fsp3) is 0.111. The maximum atomic E-state index is 11.9. The van der Waals surface area contributed by atoms with Gasteiger partial charge in [0.2, 0.25) is 6.33 Å². The molecule has 0 aliphatic rings. The Morgan fingerprint density at radius 2 is 1.93 bits per heavy atom. The van der Waals surface area contributed by atoms with E-state index in [9.17, 15) is 8.42 Å². The Kier molecular flexibility index (Phi) is 2.28. The number of hydrogen-bond donors (Lipinski definition) is 0. The van der Waals surface area contributed by atoms with Crippen molar-refractivity contribution in [3.05, 3.63) is 43.0 Å². The topological polar surface area (TPSA) is 55.8 Å². The Morgan fingerprint density at radius 1 is 1.27 bits per heavy atom. The minimum atomic E-state index is -3.53. The Morgan fingerprint density at radius 3 is 2.47 bits per heavy atom. The van der Waals surface area contributed by atoms with Crippen LogP contribution in [0, 0.1) is 0 Å². The van der Waals surface area contributed by atoms with E-state index in [-0.39, 0.29) is 4.90 Å². The van der Waals surface area contributed by atoms with E-state index in [1.165, 1.54) is 24.8 Å². The summed E-state index contributed by atoms with van der Waals surface area (Å²) in [4.78, 5) is 0.230. The van der Waals surface area contributed by atoms with E-state index in [4.69, 9.17) is 0 Å². The molecule has 15 heavy (non-hydrogen) atoms. The van der Waals surface area contributed by atoms with Gasteiger partial charge in [-0.3, -0.25) is 0 Å². The summed E-state index contributed by atoms with van der Waals surface area (Å²) in [5.41, 5.74) is 0. The zero-order chi connectivity index (χ0) is 10.9. The first-order valence-electron chi connectivity index (χ1n) is 4.31. The van der Waals surface area contributed by atoms with Crippen LogP contribution in [0.2, 0.25) is 0 Å². The average molecular weight is 224 g/mol. The minimum absolute atomic E-state index is 0.230. The molecule has 0 amide bonds. The summed E-state index contributed by atoms with van der Waals surface area (Å²) >= 11 is 0. The highest BCUT2D eigenvalue weighted by Crippen LogP contribution is 2.10. The second-order valence-electron chi connectivity index (χ2n) is 3.10. The molecule has 0 spiro atoms. The van der Waals surface area contributed by atoms with Gasteiger partial charge in [-0.1, -0.05) is 18.2 Å². The minimum Gasteiger partial charge on any atom is -0.239 e. The molecule has 6 heteroatoms. The molecular weight excluding hydrogens is 214 g/mol. The first kappa shape index (κ1) is 9.85.